The van der Waals surface area contributed by atoms with Crippen LogP contribution in [0.1, 0.15) is 29.8 Å². The number of halogens is 2. The molecule has 0 fully saturated rings. The molecule has 0 bridgehead atoms. The Kier molecular flexibility index (Phi) is 5.74. The molecule has 1 amide bonds. The van der Waals surface area contributed by atoms with Crippen molar-refractivity contribution in [1.29, 1.82) is 0 Å². The van der Waals surface area contributed by atoms with E-state index in [4.69, 9.17) is 4.74 Å². The molecule has 0 N–H and O–H groups in total. The highest BCUT2D eigenvalue weighted by Crippen LogP contribution is 2.17. The molecule has 0 unspecified atom stereocenters. The van der Waals surface area contributed by atoms with Gasteiger partial charge in [-0.25, -0.2) is 18.8 Å². The van der Waals surface area contributed by atoms with Crippen LogP contribution in [0.15, 0.2) is 58.5 Å². The summed E-state index contributed by atoms with van der Waals surface area (Å²) in [6, 6.07) is 13.0. The van der Waals surface area contributed by atoms with Crippen LogP contribution >= 0.6 is 0 Å². The van der Waals surface area contributed by atoms with Gasteiger partial charge in [0.2, 0.25) is 5.90 Å². The molecule has 27 heavy (non-hydrogen) atoms. The minimum Gasteiger partial charge on any atom is -0.474 e. The zero-order chi connectivity index (χ0) is 19.4. The molecule has 3 rings (SSSR count). The van der Waals surface area contributed by atoms with Gasteiger partial charge in [-0.15, -0.1) is 0 Å². The van der Waals surface area contributed by atoms with Crippen LogP contribution in [0.4, 0.5) is 8.78 Å². The first-order valence-corrected chi connectivity index (χ1v) is 8.77. The fourth-order valence-electron chi connectivity index (χ4n) is 2.84. The van der Waals surface area contributed by atoms with Crippen LogP contribution in [0.2, 0.25) is 0 Å². The number of nitrogens with zero attached hydrogens (tertiary/aromatic N) is 2. The molecule has 1 atom stereocenters. The van der Waals surface area contributed by atoms with Crippen LogP contribution < -0.4 is 0 Å². The predicted octanol–water partition coefficient (Wildman–Crippen LogP) is 4.24. The Morgan fingerprint density at radius 3 is 2.44 bits per heavy atom. The number of hydrogen-bond donors (Lipinski definition) is 0. The third-order valence-corrected chi connectivity index (χ3v) is 4.19. The summed E-state index contributed by atoms with van der Waals surface area (Å²) in [5.41, 5.74) is 0.747. The number of aliphatic imine (C=N–C) groups is 2. The summed E-state index contributed by atoms with van der Waals surface area (Å²) in [4.78, 5) is 20.8. The van der Waals surface area contributed by atoms with Crippen molar-refractivity contribution in [3.63, 3.8) is 0 Å². The molecule has 2 aromatic carbocycles. The Labute approximate surface area is 156 Å². The molecule has 0 saturated heterocycles. The molecule has 1 aliphatic rings. The van der Waals surface area contributed by atoms with E-state index in [1.165, 1.54) is 6.07 Å². The van der Waals surface area contributed by atoms with E-state index in [1.54, 1.807) is 0 Å². The Morgan fingerprint density at radius 2 is 1.81 bits per heavy atom. The summed E-state index contributed by atoms with van der Waals surface area (Å²) in [5, 5.41) is 0. The van der Waals surface area contributed by atoms with Gasteiger partial charge in [0.15, 0.2) is 0 Å². The van der Waals surface area contributed by atoms with E-state index >= 15 is 0 Å². The lowest BCUT2D eigenvalue weighted by Crippen LogP contribution is -2.22. The lowest BCUT2D eigenvalue weighted by Gasteiger charge is -2.09. The van der Waals surface area contributed by atoms with Crippen LogP contribution in [0.25, 0.3) is 0 Å². The number of carbonyl (C=O) groups is 1. The molecule has 1 aliphatic heterocycles. The number of carbonyl (C=O) groups excluding carboxylic acids is 1. The summed E-state index contributed by atoms with van der Waals surface area (Å²) in [6.45, 7) is 4.01. The Hall–Kier alpha value is -2.89. The number of amides is 1. The summed E-state index contributed by atoms with van der Waals surface area (Å²) < 4.78 is 33.3. The molecule has 2 aromatic rings. The van der Waals surface area contributed by atoms with Crippen molar-refractivity contribution in [2.45, 2.75) is 26.3 Å². The molecule has 140 valence electrons. The molecule has 0 aliphatic carbocycles. The van der Waals surface area contributed by atoms with Gasteiger partial charge >= 0.3 is 0 Å². The SMILES string of the molecule is CC(C)C(=NC(=O)c1c(F)cccc1F)C1=N[C@@H](Cc2ccccc2)CO1. The zero-order valence-electron chi connectivity index (χ0n) is 15.2. The first-order chi connectivity index (χ1) is 13.0. The monoisotopic (exact) mass is 370 g/mol. The van der Waals surface area contributed by atoms with Gasteiger partial charge in [-0.05, 0) is 24.1 Å². The van der Waals surface area contributed by atoms with Crippen molar-refractivity contribution in [3.05, 3.63) is 71.3 Å². The van der Waals surface area contributed by atoms with Crippen LogP contribution in [-0.4, -0.2) is 30.2 Å². The molecular weight excluding hydrogens is 350 g/mol. The number of hydrogen-bond acceptors (Lipinski definition) is 3. The highest BCUT2D eigenvalue weighted by atomic mass is 19.1. The minimum atomic E-state index is -0.980. The van der Waals surface area contributed by atoms with E-state index in [9.17, 15) is 13.6 Å². The second-order valence-electron chi connectivity index (χ2n) is 6.64. The molecule has 0 spiro atoms. The predicted molar refractivity (Wildman–Crippen MR) is 100 cm³/mol. The van der Waals surface area contributed by atoms with Gasteiger partial charge in [0.1, 0.15) is 29.5 Å². The van der Waals surface area contributed by atoms with Gasteiger partial charge in [0, 0.05) is 5.92 Å². The van der Waals surface area contributed by atoms with Crippen molar-refractivity contribution < 1.29 is 18.3 Å². The van der Waals surface area contributed by atoms with Gasteiger partial charge in [0.25, 0.3) is 5.91 Å². The van der Waals surface area contributed by atoms with Gasteiger partial charge in [-0.3, -0.25) is 4.79 Å². The zero-order valence-corrected chi connectivity index (χ0v) is 15.2. The van der Waals surface area contributed by atoms with E-state index in [0.29, 0.717) is 18.7 Å². The molecular formula is C21H20F2N2O2. The highest BCUT2D eigenvalue weighted by Gasteiger charge is 2.27. The average molecular weight is 370 g/mol. The van der Waals surface area contributed by atoms with Crippen molar-refractivity contribution in [2.24, 2.45) is 15.9 Å². The molecule has 0 aromatic heterocycles. The average Bonchev–Trinajstić information content (AvgIpc) is 3.08. The second kappa shape index (κ2) is 8.20. The van der Waals surface area contributed by atoms with E-state index < -0.39 is 23.1 Å². The van der Waals surface area contributed by atoms with Crippen LogP contribution in [-0.2, 0) is 11.2 Å². The number of rotatable bonds is 5. The van der Waals surface area contributed by atoms with E-state index in [0.717, 1.165) is 17.7 Å². The molecule has 1 heterocycles. The minimum absolute atomic E-state index is 0.0911. The Bertz CT molecular complexity index is 872. The Morgan fingerprint density at radius 1 is 1.15 bits per heavy atom. The van der Waals surface area contributed by atoms with Crippen molar-refractivity contribution in [1.82, 2.24) is 0 Å². The number of benzene rings is 2. The van der Waals surface area contributed by atoms with Crippen molar-refractivity contribution >= 4 is 17.5 Å². The van der Waals surface area contributed by atoms with Crippen LogP contribution in [0.3, 0.4) is 0 Å². The fraction of sp³-hybridized carbons (Fsp3) is 0.286. The largest absolute Gasteiger partial charge is 0.474 e. The summed E-state index contributed by atoms with van der Waals surface area (Å²) in [5.74, 6) is -2.80. The van der Waals surface area contributed by atoms with Crippen molar-refractivity contribution in [3.8, 4) is 0 Å². The van der Waals surface area contributed by atoms with E-state index in [1.807, 2.05) is 44.2 Å². The van der Waals surface area contributed by atoms with Gasteiger partial charge in [-0.2, -0.15) is 0 Å². The maximum absolute atomic E-state index is 13.8. The van der Waals surface area contributed by atoms with Gasteiger partial charge < -0.3 is 4.74 Å². The van der Waals surface area contributed by atoms with Crippen molar-refractivity contribution in [2.75, 3.05) is 6.61 Å². The van der Waals surface area contributed by atoms with Crippen LogP contribution in [0.5, 0.6) is 0 Å². The second-order valence-corrected chi connectivity index (χ2v) is 6.64. The first kappa shape index (κ1) is 18.9. The summed E-state index contributed by atoms with van der Waals surface area (Å²) in [6.07, 6.45) is 0.700. The third kappa shape index (κ3) is 4.45. The summed E-state index contributed by atoms with van der Waals surface area (Å²) >= 11 is 0. The molecule has 0 radical (unpaired) electrons. The first-order valence-electron chi connectivity index (χ1n) is 8.77. The van der Waals surface area contributed by atoms with Crippen LogP contribution in [0, 0.1) is 17.6 Å². The normalized spacial score (nSPS) is 17.0. The Balaban J connectivity index is 1.84. The van der Waals surface area contributed by atoms with E-state index in [2.05, 4.69) is 9.98 Å². The van der Waals surface area contributed by atoms with E-state index in [-0.39, 0.29) is 17.9 Å². The smallest absolute Gasteiger partial charge is 0.283 e. The third-order valence-electron chi connectivity index (χ3n) is 4.19. The number of ether oxygens (including phenoxy) is 1. The quantitative estimate of drug-likeness (QED) is 0.739. The fourth-order valence-corrected chi connectivity index (χ4v) is 2.84. The molecule has 6 heteroatoms. The lowest BCUT2D eigenvalue weighted by atomic mass is 10.1. The lowest BCUT2D eigenvalue weighted by molar-refractivity contribution is 0.0994. The summed E-state index contributed by atoms with van der Waals surface area (Å²) in [7, 11) is 0. The maximum atomic E-state index is 13.8. The maximum Gasteiger partial charge on any atom is 0.283 e. The standard InChI is InChI=1S/C21H20F2N2O2/c1-13(2)19(25-20(26)18-16(22)9-6-10-17(18)23)21-24-15(12-27-21)11-14-7-4-3-5-8-14/h3-10,13,15H,11-12H2,1-2H3/t15-/m0/s1. The topological polar surface area (TPSA) is 51.0 Å². The van der Waals surface area contributed by atoms with Gasteiger partial charge in [0.05, 0.1) is 6.04 Å². The highest BCUT2D eigenvalue weighted by molar-refractivity contribution is 6.41. The van der Waals surface area contributed by atoms with Gasteiger partial charge in [-0.1, -0.05) is 50.2 Å². The molecule has 0 saturated carbocycles. The molecule has 4 nitrogen and oxygen atoms in total.